The molecule has 0 aliphatic heterocycles. The van der Waals surface area contributed by atoms with Crippen molar-refractivity contribution in [1.82, 2.24) is 15.4 Å². The first-order chi connectivity index (χ1) is 8.67. The van der Waals surface area contributed by atoms with Crippen molar-refractivity contribution in [2.24, 2.45) is 5.92 Å². The first-order valence-electron chi connectivity index (χ1n) is 5.89. The molecule has 9 heteroatoms. The van der Waals surface area contributed by atoms with Crippen LogP contribution < -0.4 is 15.4 Å². The monoisotopic (exact) mass is 295 g/mol. The van der Waals surface area contributed by atoms with Crippen LogP contribution in [0.1, 0.15) is 20.3 Å². The largest absolute Gasteiger partial charge is 0.480 e. The third-order valence-corrected chi connectivity index (χ3v) is 3.27. The highest BCUT2D eigenvalue weighted by Gasteiger charge is 2.24. The fourth-order valence-corrected chi connectivity index (χ4v) is 1.76. The normalized spacial score (nSPS) is 14.5. The molecule has 19 heavy (non-hydrogen) atoms. The molecule has 0 saturated carbocycles. The highest BCUT2D eigenvalue weighted by Crippen LogP contribution is 2.07. The molecular formula is C10H21N3O5S. The van der Waals surface area contributed by atoms with E-state index in [1.54, 1.807) is 6.92 Å². The SMILES string of the molecule is CC[C@H](C)[C@H](NC(=O)NCCNS(C)(=O)=O)C(=O)O. The average molecular weight is 295 g/mol. The molecule has 4 N–H and O–H groups in total. The average Bonchev–Trinajstić information content (AvgIpc) is 2.29. The molecule has 0 aromatic heterocycles. The van der Waals surface area contributed by atoms with E-state index in [9.17, 15) is 18.0 Å². The van der Waals surface area contributed by atoms with Gasteiger partial charge in [-0.1, -0.05) is 20.3 Å². The molecule has 0 fully saturated rings. The number of nitrogens with one attached hydrogen (secondary N) is 3. The predicted molar refractivity (Wildman–Crippen MR) is 70.3 cm³/mol. The number of hydrogen-bond donors (Lipinski definition) is 4. The lowest BCUT2D eigenvalue weighted by Crippen LogP contribution is -2.50. The van der Waals surface area contributed by atoms with E-state index in [1.165, 1.54) is 0 Å². The molecule has 2 amide bonds. The zero-order valence-corrected chi connectivity index (χ0v) is 12.1. The van der Waals surface area contributed by atoms with E-state index in [0.29, 0.717) is 6.42 Å². The minimum Gasteiger partial charge on any atom is -0.480 e. The Morgan fingerprint density at radius 1 is 1.26 bits per heavy atom. The van der Waals surface area contributed by atoms with Crippen molar-refractivity contribution in [3.63, 3.8) is 0 Å². The second kappa shape index (κ2) is 7.95. The number of carboxylic acids is 1. The summed E-state index contributed by atoms with van der Waals surface area (Å²) in [5, 5.41) is 13.7. The van der Waals surface area contributed by atoms with E-state index in [0.717, 1.165) is 6.26 Å². The van der Waals surface area contributed by atoms with Gasteiger partial charge >= 0.3 is 12.0 Å². The number of carbonyl (C=O) groups is 2. The molecule has 0 spiro atoms. The highest BCUT2D eigenvalue weighted by atomic mass is 32.2. The standard InChI is InChI=1S/C10H21N3O5S/c1-4-7(2)8(9(14)15)13-10(16)11-5-6-12-19(3,17)18/h7-8,12H,4-6H2,1-3H3,(H,14,15)(H2,11,13,16)/t7-,8-/m0/s1. The topological polar surface area (TPSA) is 125 Å². The maximum atomic E-state index is 11.4. The van der Waals surface area contributed by atoms with Crippen LogP contribution >= 0.6 is 0 Å². The summed E-state index contributed by atoms with van der Waals surface area (Å²) in [6.07, 6.45) is 1.63. The second-order valence-corrected chi connectivity index (χ2v) is 6.10. The summed E-state index contributed by atoms with van der Waals surface area (Å²) in [4.78, 5) is 22.4. The summed E-state index contributed by atoms with van der Waals surface area (Å²) in [7, 11) is -3.29. The summed E-state index contributed by atoms with van der Waals surface area (Å²) in [5.74, 6) is -1.30. The molecule has 8 nitrogen and oxygen atoms in total. The number of carbonyl (C=O) groups excluding carboxylic acids is 1. The van der Waals surface area contributed by atoms with E-state index in [-0.39, 0.29) is 19.0 Å². The molecular weight excluding hydrogens is 274 g/mol. The molecule has 0 heterocycles. The minimum atomic E-state index is -3.29. The Bertz CT molecular complexity index is 409. The number of hydrogen-bond acceptors (Lipinski definition) is 4. The number of amides is 2. The predicted octanol–water partition coefficient (Wildman–Crippen LogP) is -0.666. The number of aliphatic carboxylic acids is 1. The zero-order valence-electron chi connectivity index (χ0n) is 11.3. The first-order valence-corrected chi connectivity index (χ1v) is 7.78. The Morgan fingerprint density at radius 3 is 2.26 bits per heavy atom. The van der Waals surface area contributed by atoms with Gasteiger partial charge in [-0.3, -0.25) is 0 Å². The van der Waals surface area contributed by atoms with Crippen molar-refractivity contribution in [3.05, 3.63) is 0 Å². The number of carboxylic acid groups (broad SMARTS) is 1. The Labute approximate surface area is 113 Å². The Kier molecular flexibility index (Phi) is 7.38. The number of sulfonamides is 1. The maximum Gasteiger partial charge on any atom is 0.326 e. The van der Waals surface area contributed by atoms with Crippen LogP contribution in [0.15, 0.2) is 0 Å². The van der Waals surface area contributed by atoms with Crippen LogP contribution in [-0.4, -0.2) is 50.9 Å². The van der Waals surface area contributed by atoms with Gasteiger partial charge in [0.05, 0.1) is 6.26 Å². The van der Waals surface area contributed by atoms with Crippen LogP contribution in [0, 0.1) is 5.92 Å². The Morgan fingerprint density at radius 2 is 1.84 bits per heavy atom. The molecule has 0 aromatic carbocycles. The minimum absolute atomic E-state index is 0.0489. The van der Waals surface area contributed by atoms with Gasteiger partial charge in [0.25, 0.3) is 0 Å². The van der Waals surface area contributed by atoms with Crippen molar-refractivity contribution in [3.8, 4) is 0 Å². The van der Waals surface area contributed by atoms with E-state index in [2.05, 4.69) is 15.4 Å². The molecule has 0 aromatic rings. The Balaban J connectivity index is 4.11. The lowest BCUT2D eigenvalue weighted by molar-refractivity contribution is -0.140. The summed E-state index contributed by atoms with van der Waals surface area (Å²) >= 11 is 0. The van der Waals surface area contributed by atoms with Gasteiger partial charge in [0.15, 0.2) is 0 Å². The Hall–Kier alpha value is -1.35. The lowest BCUT2D eigenvalue weighted by Gasteiger charge is -2.20. The van der Waals surface area contributed by atoms with Gasteiger partial charge in [0, 0.05) is 13.1 Å². The highest BCUT2D eigenvalue weighted by molar-refractivity contribution is 7.88. The van der Waals surface area contributed by atoms with E-state index < -0.39 is 28.1 Å². The second-order valence-electron chi connectivity index (χ2n) is 4.27. The summed E-state index contributed by atoms with van der Waals surface area (Å²) in [6, 6.07) is -1.60. The lowest BCUT2D eigenvalue weighted by atomic mass is 9.99. The van der Waals surface area contributed by atoms with Crippen LogP contribution in [-0.2, 0) is 14.8 Å². The van der Waals surface area contributed by atoms with Gasteiger partial charge < -0.3 is 15.7 Å². The van der Waals surface area contributed by atoms with Gasteiger partial charge in [-0.2, -0.15) is 0 Å². The molecule has 0 bridgehead atoms. The quantitative estimate of drug-likeness (QED) is 0.442. The summed E-state index contributed by atoms with van der Waals surface area (Å²) in [6.45, 7) is 3.68. The van der Waals surface area contributed by atoms with Crippen molar-refractivity contribution in [1.29, 1.82) is 0 Å². The van der Waals surface area contributed by atoms with Crippen molar-refractivity contribution in [2.45, 2.75) is 26.3 Å². The fourth-order valence-electron chi connectivity index (χ4n) is 1.29. The molecule has 0 radical (unpaired) electrons. The van der Waals surface area contributed by atoms with E-state index in [4.69, 9.17) is 5.11 Å². The van der Waals surface area contributed by atoms with Gasteiger partial charge in [-0.15, -0.1) is 0 Å². The van der Waals surface area contributed by atoms with Crippen LogP contribution in [0.2, 0.25) is 0 Å². The van der Waals surface area contributed by atoms with Crippen LogP contribution in [0.25, 0.3) is 0 Å². The zero-order chi connectivity index (χ0) is 15.1. The van der Waals surface area contributed by atoms with Crippen molar-refractivity contribution in [2.75, 3.05) is 19.3 Å². The van der Waals surface area contributed by atoms with Crippen LogP contribution in [0.4, 0.5) is 4.79 Å². The van der Waals surface area contributed by atoms with Crippen LogP contribution in [0.5, 0.6) is 0 Å². The van der Waals surface area contributed by atoms with Crippen LogP contribution in [0.3, 0.4) is 0 Å². The fraction of sp³-hybridized carbons (Fsp3) is 0.800. The maximum absolute atomic E-state index is 11.4. The summed E-state index contributed by atoms with van der Waals surface area (Å²) in [5.41, 5.74) is 0. The number of urea groups is 1. The molecule has 112 valence electrons. The van der Waals surface area contributed by atoms with E-state index >= 15 is 0 Å². The molecule has 0 saturated heterocycles. The first kappa shape index (κ1) is 17.6. The molecule has 0 aliphatic rings. The molecule has 0 rings (SSSR count). The summed E-state index contributed by atoms with van der Waals surface area (Å²) < 4.78 is 23.7. The molecule has 0 aliphatic carbocycles. The van der Waals surface area contributed by atoms with Gasteiger partial charge in [0.1, 0.15) is 6.04 Å². The van der Waals surface area contributed by atoms with E-state index in [1.807, 2.05) is 6.92 Å². The van der Waals surface area contributed by atoms with Gasteiger partial charge in [0.2, 0.25) is 10.0 Å². The van der Waals surface area contributed by atoms with Crippen molar-refractivity contribution >= 4 is 22.0 Å². The van der Waals surface area contributed by atoms with Gasteiger partial charge in [-0.25, -0.2) is 22.7 Å². The van der Waals surface area contributed by atoms with Gasteiger partial charge in [-0.05, 0) is 5.92 Å². The third-order valence-electron chi connectivity index (χ3n) is 2.54. The third kappa shape index (κ3) is 8.38. The van der Waals surface area contributed by atoms with Crippen molar-refractivity contribution < 1.29 is 23.1 Å². The smallest absolute Gasteiger partial charge is 0.326 e. The molecule has 0 unspecified atom stereocenters. The number of rotatable bonds is 8. The molecule has 2 atom stereocenters.